The predicted molar refractivity (Wildman–Crippen MR) is 87.7 cm³/mol. The first-order valence-corrected chi connectivity index (χ1v) is 7.19. The molecule has 0 aromatic heterocycles. The van der Waals surface area contributed by atoms with Crippen molar-refractivity contribution in [3.63, 3.8) is 0 Å². The molecular formula is C18H16N2O4. The second-order valence-electron chi connectivity index (χ2n) is 4.95. The molecule has 1 amide bonds. The monoisotopic (exact) mass is 324 g/mol. The number of nitrogens with zero attached hydrogens (tertiary/aromatic N) is 1. The van der Waals surface area contributed by atoms with Crippen molar-refractivity contribution in [3.8, 4) is 11.8 Å². The quantitative estimate of drug-likeness (QED) is 0.854. The molecule has 0 fully saturated rings. The molecule has 0 unspecified atom stereocenters. The van der Waals surface area contributed by atoms with Crippen molar-refractivity contribution < 1.29 is 19.1 Å². The molecule has 122 valence electrons. The molecule has 24 heavy (non-hydrogen) atoms. The van der Waals surface area contributed by atoms with Crippen molar-refractivity contribution in [3.05, 3.63) is 59.7 Å². The summed E-state index contributed by atoms with van der Waals surface area (Å²) in [5, 5.41) is 11.5. The van der Waals surface area contributed by atoms with Gasteiger partial charge in [-0.05, 0) is 55.5 Å². The lowest BCUT2D eigenvalue weighted by Crippen LogP contribution is -2.30. The van der Waals surface area contributed by atoms with Crippen molar-refractivity contribution in [2.45, 2.75) is 13.0 Å². The Morgan fingerprint density at radius 3 is 2.25 bits per heavy atom. The summed E-state index contributed by atoms with van der Waals surface area (Å²) in [6.45, 7) is 1.62. The second-order valence-corrected chi connectivity index (χ2v) is 4.95. The number of amides is 1. The number of hydrogen-bond donors (Lipinski definition) is 1. The fourth-order valence-electron chi connectivity index (χ4n) is 1.92. The lowest BCUT2D eigenvalue weighted by Gasteiger charge is -2.15. The highest BCUT2D eigenvalue weighted by Crippen LogP contribution is 2.16. The van der Waals surface area contributed by atoms with Crippen molar-refractivity contribution in [1.82, 2.24) is 0 Å². The number of ether oxygens (including phenoxy) is 2. The molecule has 0 heterocycles. The highest BCUT2D eigenvalue weighted by atomic mass is 16.5. The minimum absolute atomic E-state index is 0.322. The molecule has 2 aromatic rings. The van der Waals surface area contributed by atoms with Gasteiger partial charge in [0.15, 0.2) is 6.10 Å². The molecule has 6 heteroatoms. The first-order chi connectivity index (χ1) is 11.5. The molecule has 1 atom stereocenters. The van der Waals surface area contributed by atoms with Gasteiger partial charge in [-0.3, -0.25) is 4.79 Å². The molecule has 0 saturated carbocycles. The van der Waals surface area contributed by atoms with Crippen LogP contribution in [-0.2, 0) is 9.53 Å². The van der Waals surface area contributed by atoms with Gasteiger partial charge in [0.1, 0.15) is 5.75 Å². The lowest BCUT2D eigenvalue weighted by atomic mass is 10.2. The van der Waals surface area contributed by atoms with E-state index in [0.717, 1.165) is 0 Å². The summed E-state index contributed by atoms with van der Waals surface area (Å²) in [4.78, 5) is 23.5. The van der Waals surface area contributed by atoms with Crippen molar-refractivity contribution in [1.29, 1.82) is 5.26 Å². The number of carbonyl (C=O) groups is 2. The van der Waals surface area contributed by atoms with Crippen LogP contribution in [0.2, 0.25) is 0 Å². The third-order valence-electron chi connectivity index (χ3n) is 3.24. The molecule has 0 radical (unpaired) electrons. The van der Waals surface area contributed by atoms with E-state index >= 15 is 0 Å². The summed E-state index contributed by atoms with van der Waals surface area (Å²) < 4.78 is 10.2. The SMILES string of the molecule is COC(=O)c1ccc(O[C@@H](C)C(=O)Nc2ccc(C#N)cc2)cc1. The number of nitrogens with one attached hydrogen (secondary N) is 1. The molecule has 0 aliphatic heterocycles. The summed E-state index contributed by atoms with van der Waals surface area (Å²) in [5.74, 6) is -0.296. The van der Waals surface area contributed by atoms with Crippen molar-refractivity contribution >= 4 is 17.6 Å². The number of esters is 1. The average Bonchev–Trinajstić information content (AvgIpc) is 2.62. The summed E-state index contributed by atoms with van der Waals surface area (Å²) in [6.07, 6.45) is -0.732. The Labute approximate surface area is 139 Å². The van der Waals surface area contributed by atoms with Gasteiger partial charge in [-0.2, -0.15) is 5.26 Å². The Balaban J connectivity index is 1.95. The van der Waals surface area contributed by atoms with E-state index in [9.17, 15) is 9.59 Å². The zero-order valence-electron chi connectivity index (χ0n) is 13.3. The number of benzene rings is 2. The van der Waals surface area contributed by atoms with Gasteiger partial charge in [-0.25, -0.2) is 4.79 Å². The van der Waals surface area contributed by atoms with E-state index in [1.54, 1.807) is 55.5 Å². The largest absolute Gasteiger partial charge is 0.481 e. The topological polar surface area (TPSA) is 88.4 Å². The van der Waals surface area contributed by atoms with Crippen LogP contribution in [0.15, 0.2) is 48.5 Å². The van der Waals surface area contributed by atoms with Crippen LogP contribution in [0.3, 0.4) is 0 Å². The second kappa shape index (κ2) is 7.79. The van der Waals surface area contributed by atoms with Crippen LogP contribution in [0.1, 0.15) is 22.8 Å². The third kappa shape index (κ3) is 4.34. The number of hydrogen-bond acceptors (Lipinski definition) is 5. The third-order valence-corrected chi connectivity index (χ3v) is 3.24. The van der Waals surface area contributed by atoms with Gasteiger partial charge in [-0.15, -0.1) is 0 Å². The van der Waals surface area contributed by atoms with Crippen LogP contribution in [0.25, 0.3) is 0 Å². The van der Waals surface area contributed by atoms with Gasteiger partial charge in [-0.1, -0.05) is 0 Å². The smallest absolute Gasteiger partial charge is 0.337 e. The Hall–Kier alpha value is -3.33. The maximum absolute atomic E-state index is 12.1. The number of anilines is 1. The average molecular weight is 324 g/mol. The Morgan fingerprint density at radius 2 is 1.71 bits per heavy atom. The Kier molecular flexibility index (Phi) is 5.53. The molecule has 1 N–H and O–H groups in total. The van der Waals surface area contributed by atoms with Crippen LogP contribution in [0, 0.1) is 11.3 Å². The van der Waals surface area contributed by atoms with Gasteiger partial charge in [0.2, 0.25) is 0 Å². The number of nitriles is 1. The number of rotatable bonds is 5. The van der Waals surface area contributed by atoms with Crippen molar-refractivity contribution in [2.75, 3.05) is 12.4 Å². The predicted octanol–water partition coefficient (Wildman–Crippen LogP) is 2.75. The molecule has 0 spiro atoms. The van der Waals surface area contributed by atoms with Crippen LogP contribution < -0.4 is 10.1 Å². The molecule has 0 saturated heterocycles. The summed E-state index contributed by atoms with van der Waals surface area (Å²) >= 11 is 0. The Morgan fingerprint density at radius 1 is 1.08 bits per heavy atom. The summed E-state index contributed by atoms with van der Waals surface area (Å²) in [5.41, 5.74) is 1.50. The maximum atomic E-state index is 12.1. The number of carbonyl (C=O) groups excluding carboxylic acids is 2. The highest BCUT2D eigenvalue weighted by Gasteiger charge is 2.15. The van der Waals surface area contributed by atoms with Crippen LogP contribution in [-0.4, -0.2) is 25.1 Å². The zero-order chi connectivity index (χ0) is 17.5. The lowest BCUT2D eigenvalue weighted by molar-refractivity contribution is -0.122. The normalized spacial score (nSPS) is 11.0. The van der Waals surface area contributed by atoms with E-state index in [2.05, 4.69) is 10.1 Å². The van der Waals surface area contributed by atoms with Crippen LogP contribution in [0.5, 0.6) is 5.75 Å². The van der Waals surface area contributed by atoms with Gasteiger partial charge in [0, 0.05) is 5.69 Å². The van der Waals surface area contributed by atoms with Gasteiger partial charge in [0.05, 0.1) is 24.3 Å². The zero-order valence-corrected chi connectivity index (χ0v) is 13.3. The fraction of sp³-hybridized carbons (Fsp3) is 0.167. The van der Waals surface area contributed by atoms with Crippen LogP contribution >= 0.6 is 0 Å². The summed E-state index contributed by atoms with van der Waals surface area (Å²) in [7, 11) is 1.31. The van der Waals surface area contributed by atoms with Crippen LogP contribution in [0.4, 0.5) is 5.69 Å². The molecule has 0 aliphatic rings. The van der Waals surface area contributed by atoms with E-state index in [-0.39, 0.29) is 5.91 Å². The highest BCUT2D eigenvalue weighted by molar-refractivity contribution is 5.94. The molecule has 0 aliphatic carbocycles. The molecule has 2 rings (SSSR count). The Bertz CT molecular complexity index is 761. The first kappa shape index (κ1) is 17.0. The molecule has 2 aromatic carbocycles. The minimum Gasteiger partial charge on any atom is -0.481 e. The van der Waals surface area contributed by atoms with E-state index in [1.807, 2.05) is 6.07 Å². The fourth-order valence-corrected chi connectivity index (χ4v) is 1.92. The number of methoxy groups -OCH3 is 1. The van der Waals surface area contributed by atoms with Gasteiger partial charge in [0.25, 0.3) is 5.91 Å². The van der Waals surface area contributed by atoms with E-state index in [1.165, 1.54) is 7.11 Å². The van der Waals surface area contributed by atoms with E-state index in [0.29, 0.717) is 22.6 Å². The summed E-state index contributed by atoms with van der Waals surface area (Å²) in [6, 6.07) is 14.9. The van der Waals surface area contributed by atoms with E-state index in [4.69, 9.17) is 10.00 Å². The molecular weight excluding hydrogens is 308 g/mol. The minimum atomic E-state index is -0.732. The first-order valence-electron chi connectivity index (χ1n) is 7.19. The maximum Gasteiger partial charge on any atom is 0.337 e. The molecule has 6 nitrogen and oxygen atoms in total. The standard InChI is InChI=1S/C18H16N2O4/c1-12(17(21)20-15-7-3-13(11-19)4-8-15)24-16-9-5-14(6-10-16)18(22)23-2/h3-10,12H,1-2H3,(H,20,21)/t12-/m0/s1. The van der Waals surface area contributed by atoms with Gasteiger partial charge >= 0.3 is 5.97 Å². The van der Waals surface area contributed by atoms with E-state index < -0.39 is 12.1 Å². The van der Waals surface area contributed by atoms with Gasteiger partial charge < -0.3 is 14.8 Å². The van der Waals surface area contributed by atoms with Crippen molar-refractivity contribution in [2.24, 2.45) is 0 Å². The molecule has 0 bridgehead atoms.